The monoisotopic (exact) mass is 418 g/mol. The van der Waals surface area contributed by atoms with Crippen molar-refractivity contribution in [3.8, 4) is 5.75 Å². The van der Waals surface area contributed by atoms with Crippen LogP contribution in [-0.4, -0.2) is 35.0 Å². The number of methoxy groups -OCH3 is 1. The Morgan fingerprint density at radius 2 is 1.94 bits per heavy atom. The van der Waals surface area contributed by atoms with Crippen molar-refractivity contribution in [3.05, 3.63) is 77.9 Å². The number of hydrogen-bond acceptors (Lipinski definition) is 4. The van der Waals surface area contributed by atoms with Crippen LogP contribution in [0.2, 0.25) is 0 Å². The third-order valence-electron chi connectivity index (χ3n) is 5.69. The van der Waals surface area contributed by atoms with E-state index in [4.69, 9.17) is 4.74 Å². The van der Waals surface area contributed by atoms with E-state index in [1.807, 2.05) is 73.3 Å². The number of anilines is 1. The van der Waals surface area contributed by atoms with Gasteiger partial charge in [0.25, 0.3) is 0 Å². The summed E-state index contributed by atoms with van der Waals surface area (Å²) >= 11 is 0. The van der Waals surface area contributed by atoms with E-state index in [1.165, 1.54) is 0 Å². The fraction of sp³-hybridized carbons (Fsp3) is 0.292. The minimum absolute atomic E-state index is 0.0464. The quantitative estimate of drug-likeness (QED) is 0.668. The number of amides is 2. The lowest BCUT2D eigenvalue weighted by atomic mass is 10.0. The van der Waals surface area contributed by atoms with Gasteiger partial charge in [-0.25, -0.2) is 4.98 Å². The van der Waals surface area contributed by atoms with Crippen molar-refractivity contribution >= 4 is 17.5 Å². The van der Waals surface area contributed by atoms with Gasteiger partial charge < -0.3 is 19.5 Å². The molecule has 31 heavy (non-hydrogen) atoms. The van der Waals surface area contributed by atoms with E-state index in [0.29, 0.717) is 18.1 Å². The molecule has 0 spiro atoms. The van der Waals surface area contributed by atoms with Crippen LogP contribution in [0.1, 0.15) is 29.4 Å². The van der Waals surface area contributed by atoms with Crippen LogP contribution in [0.4, 0.5) is 5.69 Å². The molecule has 2 amide bonds. The van der Waals surface area contributed by atoms with Crippen LogP contribution in [0.25, 0.3) is 0 Å². The number of nitrogens with one attached hydrogen (secondary N) is 1. The second kappa shape index (κ2) is 8.63. The molecule has 0 bridgehead atoms. The van der Waals surface area contributed by atoms with Crippen LogP contribution in [0.15, 0.2) is 60.9 Å². The van der Waals surface area contributed by atoms with E-state index in [1.54, 1.807) is 18.2 Å². The third-order valence-corrected chi connectivity index (χ3v) is 5.69. The Hall–Kier alpha value is -3.61. The standard InChI is InChI=1S/C24H26N4O3/c1-16-8-10-18(11-9-16)28-15-17(14-21(28)29)24(30)26-22(23-25-12-13-27(23)2)19-6-4-5-7-20(19)31-3/h4-13,17,22H,14-15H2,1-3H3,(H,26,30)/t17-,22+/m1/s1. The molecule has 0 aliphatic carbocycles. The predicted octanol–water partition coefficient (Wildman–Crippen LogP) is 3.00. The first-order valence-electron chi connectivity index (χ1n) is 10.3. The van der Waals surface area contributed by atoms with Crippen molar-refractivity contribution in [2.45, 2.75) is 19.4 Å². The van der Waals surface area contributed by atoms with Gasteiger partial charge in [0.2, 0.25) is 11.8 Å². The molecule has 0 unspecified atom stereocenters. The van der Waals surface area contributed by atoms with E-state index >= 15 is 0 Å². The summed E-state index contributed by atoms with van der Waals surface area (Å²) in [5, 5.41) is 3.11. The maximum Gasteiger partial charge on any atom is 0.227 e. The molecule has 1 fully saturated rings. The van der Waals surface area contributed by atoms with E-state index in [-0.39, 0.29) is 18.2 Å². The Bertz CT molecular complexity index is 1090. The van der Waals surface area contributed by atoms with Gasteiger partial charge in [-0.1, -0.05) is 35.9 Å². The zero-order valence-electron chi connectivity index (χ0n) is 17.9. The normalized spacial score (nSPS) is 16.9. The summed E-state index contributed by atoms with van der Waals surface area (Å²) in [6, 6.07) is 14.8. The summed E-state index contributed by atoms with van der Waals surface area (Å²) in [4.78, 5) is 32.0. The summed E-state index contributed by atoms with van der Waals surface area (Å²) in [7, 11) is 3.49. The first-order valence-corrected chi connectivity index (χ1v) is 10.3. The smallest absolute Gasteiger partial charge is 0.227 e. The lowest BCUT2D eigenvalue weighted by molar-refractivity contribution is -0.126. The number of hydrogen-bond donors (Lipinski definition) is 1. The molecule has 7 nitrogen and oxygen atoms in total. The molecule has 2 heterocycles. The van der Waals surface area contributed by atoms with Gasteiger partial charge >= 0.3 is 0 Å². The van der Waals surface area contributed by atoms with Crippen LogP contribution in [-0.2, 0) is 16.6 Å². The second-order valence-corrected chi connectivity index (χ2v) is 7.82. The van der Waals surface area contributed by atoms with E-state index in [0.717, 1.165) is 16.8 Å². The van der Waals surface area contributed by atoms with E-state index < -0.39 is 12.0 Å². The molecule has 1 aliphatic rings. The zero-order valence-corrected chi connectivity index (χ0v) is 17.9. The molecule has 2 atom stereocenters. The van der Waals surface area contributed by atoms with Crippen molar-refractivity contribution in [1.29, 1.82) is 0 Å². The molecule has 1 aliphatic heterocycles. The largest absolute Gasteiger partial charge is 0.496 e. The molecule has 4 rings (SSSR count). The number of rotatable bonds is 6. The maximum absolute atomic E-state index is 13.2. The average Bonchev–Trinajstić information content (AvgIpc) is 3.38. The number of aromatic nitrogens is 2. The number of carbonyl (C=O) groups excluding carboxylic acids is 2. The second-order valence-electron chi connectivity index (χ2n) is 7.82. The van der Waals surface area contributed by atoms with Gasteiger partial charge in [-0.05, 0) is 25.1 Å². The highest BCUT2D eigenvalue weighted by Gasteiger charge is 2.37. The first kappa shape index (κ1) is 20.7. The Labute approximate surface area is 181 Å². The predicted molar refractivity (Wildman–Crippen MR) is 118 cm³/mol. The molecular formula is C24H26N4O3. The lowest BCUT2D eigenvalue weighted by Crippen LogP contribution is -2.37. The van der Waals surface area contributed by atoms with Crippen LogP contribution in [0.5, 0.6) is 5.75 Å². The molecule has 1 saturated heterocycles. The lowest BCUT2D eigenvalue weighted by Gasteiger charge is -2.23. The Morgan fingerprint density at radius 1 is 1.19 bits per heavy atom. The third kappa shape index (κ3) is 4.17. The van der Waals surface area contributed by atoms with Crippen LogP contribution in [0, 0.1) is 12.8 Å². The van der Waals surface area contributed by atoms with Crippen molar-refractivity contribution in [2.24, 2.45) is 13.0 Å². The summed E-state index contributed by atoms with van der Waals surface area (Å²) in [6.07, 6.45) is 3.71. The molecule has 3 aromatic rings. The van der Waals surface area contributed by atoms with Crippen LogP contribution in [0.3, 0.4) is 0 Å². The molecule has 1 N–H and O–H groups in total. The maximum atomic E-state index is 13.2. The number of ether oxygens (including phenoxy) is 1. The van der Waals surface area contributed by atoms with Crippen molar-refractivity contribution in [3.63, 3.8) is 0 Å². The molecule has 2 aromatic carbocycles. The number of carbonyl (C=O) groups is 2. The summed E-state index contributed by atoms with van der Waals surface area (Å²) in [5.74, 6) is 0.695. The number of aryl methyl sites for hydroxylation is 2. The van der Waals surface area contributed by atoms with Gasteiger partial charge in [-0.3, -0.25) is 9.59 Å². The van der Waals surface area contributed by atoms with Crippen molar-refractivity contribution < 1.29 is 14.3 Å². The number of benzene rings is 2. The SMILES string of the molecule is COc1ccccc1[C@H](NC(=O)[C@@H]1CC(=O)N(c2ccc(C)cc2)C1)c1nccn1C. The highest BCUT2D eigenvalue weighted by Crippen LogP contribution is 2.31. The van der Waals surface area contributed by atoms with E-state index in [2.05, 4.69) is 10.3 Å². The van der Waals surface area contributed by atoms with Gasteiger partial charge in [0.15, 0.2) is 0 Å². The van der Waals surface area contributed by atoms with Gasteiger partial charge in [-0.15, -0.1) is 0 Å². The van der Waals surface area contributed by atoms with Gasteiger partial charge in [-0.2, -0.15) is 0 Å². The Kier molecular flexibility index (Phi) is 5.75. The highest BCUT2D eigenvalue weighted by molar-refractivity contribution is 6.00. The fourth-order valence-electron chi connectivity index (χ4n) is 3.96. The van der Waals surface area contributed by atoms with Crippen molar-refractivity contribution in [2.75, 3.05) is 18.6 Å². The minimum Gasteiger partial charge on any atom is -0.496 e. The topological polar surface area (TPSA) is 76.5 Å². The molecule has 160 valence electrons. The molecule has 0 saturated carbocycles. The summed E-state index contributed by atoms with van der Waals surface area (Å²) in [5.41, 5.74) is 2.75. The highest BCUT2D eigenvalue weighted by atomic mass is 16.5. The molecule has 1 aromatic heterocycles. The average molecular weight is 418 g/mol. The Balaban J connectivity index is 1.58. The number of nitrogens with zero attached hydrogens (tertiary/aromatic N) is 3. The first-order chi connectivity index (χ1) is 15.0. The zero-order chi connectivity index (χ0) is 22.0. The Morgan fingerprint density at radius 3 is 2.61 bits per heavy atom. The van der Waals surface area contributed by atoms with Crippen LogP contribution < -0.4 is 15.0 Å². The number of imidazole rings is 1. The fourth-order valence-corrected chi connectivity index (χ4v) is 3.96. The number of para-hydroxylation sites is 1. The van der Waals surface area contributed by atoms with Crippen molar-refractivity contribution in [1.82, 2.24) is 14.9 Å². The summed E-state index contributed by atoms with van der Waals surface area (Å²) in [6.45, 7) is 2.36. The minimum atomic E-state index is -0.493. The summed E-state index contributed by atoms with van der Waals surface area (Å²) < 4.78 is 7.39. The molecule has 7 heteroatoms. The molecule has 0 radical (unpaired) electrons. The van der Waals surface area contributed by atoms with E-state index in [9.17, 15) is 9.59 Å². The van der Waals surface area contributed by atoms with Gasteiger partial charge in [0.05, 0.1) is 13.0 Å². The van der Waals surface area contributed by atoms with Crippen LogP contribution >= 0.6 is 0 Å². The van der Waals surface area contributed by atoms with Gasteiger partial charge in [0.1, 0.15) is 17.6 Å². The molecular weight excluding hydrogens is 392 g/mol. The van der Waals surface area contributed by atoms with Gasteiger partial charge in [0, 0.05) is 43.7 Å².